The summed E-state index contributed by atoms with van der Waals surface area (Å²) in [5, 5.41) is 2.82. The third kappa shape index (κ3) is 5.07. The molecular weight excluding hydrogens is 310 g/mol. The zero-order valence-corrected chi connectivity index (χ0v) is 14.1. The van der Waals surface area contributed by atoms with Crippen molar-refractivity contribution in [3.8, 4) is 11.5 Å². The number of hydrogen-bond acceptors (Lipinski definition) is 4. The number of thioether (sulfide) groups is 1. The van der Waals surface area contributed by atoms with Gasteiger partial charge in [-0.1, -0.05) is 0 Å². The van der Waals surface area contributed by atoms with E-state index in [4.69, 9.17) is 9.47 Å². The van der Waals surface area contributed by atoms with Gasteiger partial charge in [-0.3, -0.25) is 4.79 Å². The first kappa shape index (κ1) is 17.0. The van der Waals surface area contributed by atoms with Crippen molar-refractivity contribution < 1.29 is 14.3 Å². The van der Waals surface area contributed by atoms with Crippen molar-refractivity contribution in [2.45, 2.75) is 4.90 Å². The molecule has 0 atom stereocenters. The molecule has 0 saturated heterocycles. The summed E-state index contributed by atoms with van der Waals surface area (Å²) in [6.45, 7) is 0. The van der Waals surface area contributed by atoms with Crippen molar-refractivity contribution >= 4 is 29.4 Å². The average molecular weight is 329 g/mol. The van der Waals surface area contributed by atoms with Crippen LogP contribution < -0.4 is 14.8 Å². The van der Waals surface area contributed by atoms with Crippen LogP contribution in [0.25, 0.3) is 6.08 Å². The number of carbonyl (C=O) groups excluding carboxylic acids is 1. The number of hydrogen-bond donors (Lipinski definition) is 1. The molecule has 0 fully saturated rings. The lowest BCUT2D eigenvalue weighted by Gasteiger charge is -2.06. The van der Waals surface area contributed by atoms with Crippen LogP contribution in [0, 0.1) is 0 Å². The van der Waals surface area contributed by atoms with Crippen molar-refractivity contribution in [2.75, 3.05) is 25.8 Å². The molecule has 2 rings (SSSR count). The van der Waals surface area contributed by atoms with E-state index >= 15 is 0 Å². The molecule has 120 valence electrons. The maximum Gasteiger partial charge on any atom is 0.248 e. The van der Waals surface area contributed by atoms with Crippen LogP contribution in [-0.4, -0.2) is 26.4 Å². The van der Waals surface area contributed by atoms with Crippen molar-refractivity contribution in [1.82, 2.24) is 0 Å². The second-order valence-corrected chi connectivity index (χ2v) is 5.58. The zero-order valence-electron chi connectivity index (χ0n) is 13.3. The third-order valence-electron chi connectivity index (χ3n) is 3.16. The maximum absolute atomic E-state index is 12.0. The van der Waals surface area contributed by atoms with Gasteiger partial charge in [0.2, 0.25) is 5.91 Å². The lowest BCUT2D eigenvalue weighted by atomic mass is 10.2. The van der Waals surface area contributed by atoms with Gasteiger partial charge in [0.25, 0.3) is 0 Å². The molecule has 1 N–H and O–H groups in total. The van der Waals surface area contributed by atoms with Gasteiger partial charge in [0.05, 0.1) is 14.2 Å². The Labute approximate surface area is 140 Å². The fourth-order valence-corrected chi connectivity index (χ4v) is 2.36. The summed E-state index contributed by atoms with van der Waals surface area (Å²) in [5.74, 6) is 1.16. The molecule has 2 aromatic rings. The van der Waals surface area contributed by atoms with E-state index in [-0.39, 0.29) is 5.91 Å². The minimum absolute atomic E-state index is 0.191. The minimum Gasteiger partial charge on any atom is -0.497 e. The van der Waals surface area contributed by atoms with Gasteiger partial charge in [-0.25, -0.2) is 0 Å². The van der Waals surface area contributed by atoms with Crippen LogP contribution in [0.5, 0.6) is 11.5 Å². The Morgan fingerprint density at radius 3 is 2.17 bits per heavy atom. The molecule has 0 unspecified atom stereocenters. The Hall–Kier alpha value is -2.40. The van der Waals surface area contributed by atoms with Gasteiger partial charge in [0.15, 0.2) is 0 Å². The van der Waals surface area contributed by atoms with Crippen molar-refractivity contribution in [3.63, 3.8) is 0 Å². The van der Waals surface area contributed by atoms with E-state index in [0.717, 1.165) is 16.1 Å². The molecular formula is C18H19NO3S. The molecule has 0 bridgehead atoms. The molecule has 5 heteroatoms. The Morgan fingerprint density at radius 2 is 1.65 bits per heavy atom. The first-order valence-corrected chi connectivity index (χ1v) is 8.23. The predicted molar refractivity (Wildman–Crippen MR) is 95.4 cm³/mol. The fraction of sp³-hybridized carbons (Fsp3) is 0.167. The summed E-state index contributed by atoms with van der Waals surface area (Å²) in [5.41, 5.74) is 1.59. The molecule has 4 nitrogen and oxygen atoms in total. The standard InChI is InChI=1S/C18H19NO3S/c1-21-15-10-13(11-16(12-15)22-2)4-9-18(20)19-14-5-7-17(23-3)8-6-14/h4-12H,1-3H3,(H,19,20)/b9-4+. The largest absolute Gasteiger partial charge is 0.497 e. The Morgan fingerprint density at radius 1 is 1.04 bits per heavy atom. The first-order chi connectivity index (χ1) is 11.1. The highest BCUT2D eigenvalue weighted by atomic mass is 32.2. The van der Waals surface area contributed by atoms with Crippen LogP contribution in [-0.2, 0) is 4.79 Å². The van der Waals surface area contributed by atoms with E-state index in [1.54, 1.807) is 38.1 Å². The van der Waals surface area contributed by atoms with E-state index in [2.05, 4.69) is 5.32 Å². The van der Waals surface area contributed by atoms with E-state index < -0.39 is 0 Å². The van der Waals surface area contributed by atoms with E-state index in [1.807, 2.05) is 42.7 Å². The highest BCUT2D eigenvalue weighted by Crippen LogP contribution is 2.23. The number of ether oxygens (including phenoxy) is 2. The molecule has 1 amide bonds. The number of methoxy groups -OCH3 is 2. The molecule has 0 aliphatic carbocycles. The highest BCUT2D eigenvalue weighted by Gasteiger charge is 2.01. The second kappa shape index (κ2) is 8.29. The summed E-state index contributed by atoms with van der Waals surface area (Å²) in [4.78, 5) is 13.1. The number of benzene rings is 2. The monoisotopic (exact) mass is 329 g/mol. The third-order valence-corrected chi connectivity index (χ3v) is 3.90. The van der Waals surface area contributed by atoms with Crippen LogP contribution in [0.1, 0.15) is 5.56 Å². The summed E-state index contributed by atoms with van der Waals surface area (Å²) in [6.07, 6.45) is 5.21. The van der Waals surface area contributed by atoms with Crippen LogP contribution in [0.15, 0.2) is 53.4 Å². The first-order valence-electron chi connectivity index (χ1n) is 7.01. The number of nitrogens with one attached hydrogen (secondary N) is 1. The van der Waals surface area contributed by atoms with Gasteiger partial charge >= 0.3 is 0 Å². The summed E-state index contributed by atoms with van der Waals surface area (Å²) in [6, 6.07) is 13.1. The quantitative estimate of drug-likeness (QED) is 0.641. The number of carbonyl (C=O) groups is 1. The Kier molecular flexibility index (Phi) is 6.11. The molecule has 23 heavy (non-hydrogen) atoms. The molecule has 0 spiro atoms. The van der Waals surface area contributed by atoms with Crippen molar-refractivity contribution in [1.29, 1.82) is 0 Å². The van der Waals surface area contributed by atoms with Gasteiger partial charge in [-0.15, -0.1) is 11.8 Å². The molecule has 0 heterocycles. The average Bonchev–Trinajstić information content (AvgIpc) is 2.60. The highest BCUT2D eigenvalue weighted by molar-refractivity contribution is 7.98. The number of anilines is 1. The molecule has 0 radical (unpaired) electrons. The zero-order chi connectivity index (χ0) is 16.7. The summed E-state index contributed by atoms with van der Waals surface area (Å²) in [7, 11) is 3.18. The summed E-state index contributed by atoms with van der Waals surface area (Å²) >= 11 is 1.66. The Bertz CT molecular complexity index is 674. The maximum atomic E-state index is 12.0. The van der Waals surface area contributed by atoms with E-state index in [9.17, 15) is 4.79 Å². The van der Waals surface area contributed by atoms with Crippen LogP contribution in [0.2, 0.25) is 0 Å². The molecule has 0 saturated carbocycles. The molecule has 2 aromatic carbocycles. The summed E-state index contributed by atoms with van der Waals surface area (Å²) < 4.78 is 10.4. The van der Waals surface area contributed by atoms with Gasteiger partial charge in [-0.2, -0.15) is 0 Å². The van der Waals surface area contributed by atoms with Gasteiger partial charge in [0.1, 0.15) is 11.5 Å². The SMILES string of the molecule is COc1cc(/C=C/C(=O)Nc2ccc(SC)cc2)cc(OC)c1. The molecule has 0 aromatic heterocycles. The van der Waals surface area contributed by atoms with Crippen LogP contribution >= 0.6 is 11.8 Å². The number of rotatable bonds is 6. The van der Waals surface area contributed by atoms with Crippen molar-refractivity contribution in [2.24, 2.45) is 0 Å². The molecule has 0 aliphatic heterocycles. The fourth-order valence-electron chi connectivity index (χ4n) is 1.96. The van der Waals surface area contributed by atoms with Gasteiger partial charge in [0, 0.05) is 22.7 Å². The lowest BCUT2D eigenvalue weighted by molar-refractivity contribution is -0.111. The van der Waals surface area contributed by atoms with Crippen LogP contribution in [0.4, 0.5) is 5.69 Å². The Balaban J connectivity index is 2.05. The van der Waals surface area contributed by atoms with E-state index in [0.29, 0.717) is 11.5 Å². The topological polar surface area (TPSA) is 47.6 Å². The predicted octanol–water partition coefficient (Wildman–Crippen LogP) is 4.08. The number of amides is 1. The second-order valence-electron chi connectivity index (χ2n) is 4.70. The normalized spacial score (nSPS) is 10.6. The molecule has 0 aliphatic rings. The van der Waals surface area contributed by atoms with Crippen molar-refractivity contribution in [3.05, 3.63) is 54.1 Å². The minimum atomic E-state index is -0.191. The van der Waals surface area contributed by atoms with Gasteiger partial charge < -0.3 is 14.8 Å². The van der Waals surface area contributed by atoms with E-state index in [1.165, 1.54) is 6.08 Å². The lowest BCUT2D eigenvalue weighted by Crippen LogP contribution is -2.07. The smallest absolute Gasteiger partial charge is 0.248 e. The van der Waals surface area contributed by atoms with Gasteiger partial charge in [-0.05, 0) is 54.3 Å². The van der Waals surface area contributed by atoms with Crippen LogP contribution in [0.3, 0.4) is 0 Å².